The fourth-order valence-corrected chi connectivity index (χ4v) is 3.41. The lowest BCUT2D eigenvalue weighted by atomic mass is 9.97. The SMILES string of the molecule is COC1(C)CCCN(C(=O)NCc2nc(C)c(C)s2)CC1. The molecule has 0 saturated carbocycles. The first-order valence-corrected chi connectivity index (χ1v) is 8.26. The van der Waals surface area contributed by atoms with Crippen LogP contribution in [0.15, 0.2) is 0 Å². The van der Waals surface area contributed by atoms with E-state index in [0.29, 0.717) is 6.54 Å². The molecule has 1 aliphatic heterocycles. The highest BCUT2D eigenvalue weighted by Gasteiger charge is 2.29. The van der Waals surface area contributed by atoms with E-state index in [9.17, 15) is 4.79 Å². The summed E-state index contributed by atoms with van der Waals surface area (Å²) in [6.45, 7) is 8.22. The minimum Gasteiger partial charge on any atom is -0.378 e. The third kappa shape index (κ3) is 4.17. The molecule has 21 heavy (non-hydrogen) atoms. The van der Waals surface area contributed by atoms with Gasteiger partial charge in [0.05, 0.1) is 17.8 Å². The molecule has 0 spiro atoms. The summed E-state index contributed by atoms with van der Waals surface area (Å²) in [6.07, 6.45) is 2.86. The summed E-state index contributed by atoms with van der Waals surface area (Å²) >= 11 is 1.65. The van der Waals surface area contributed by atoms with E-state index in [1.54, 1.807) is 18.4 Å². The molecule has 1 saturated heterocycles. The largest absolute Gasteiger partial charge is 0.378 e. The summed E-state index contributed by atoms with van der Waals surface area (Å²) in [6, 6.07) is 0.000796. The number of aromatic nitrogens is 1. The number of likely N-dealkylation sites (tertiary alicyclic amines) is 1. The molecule has 0 radical (unpaired) electrons. The first-order valence-electron chi connectivity index (χ1n) is 7.44. The number of carbonyl (C=O) groups is 1. The van der Waals surface area contributed by atoms with Crippen molar-refractivity contribution in [3.05, 3.63) is 15.6 Å². The first-order chi connectivity index (χ1) is 9.93. The maximum Gasteiger partial charge on any atom is 0.317 e. The molecule has 1 aromatic rings. The minimum absolute atomic E-state index is 0.000796. The van der Waals surface area contributed by atoms with E-state index in [1.165, 1.54) is 4.88 Å². The van der Waals surface area contributed by atoms with Gasteiger partial charge < -0.3 is 15.0 Å². The maximum atomic E-state index is 12.3. The van der Waals surface area contributed by atoms with Crippen LogP contribution in [0.4, 0.5) is 4.79 Å². The zero-order chi connectivity index (χ0) is 15.5. The predicted molar refractivity (Wildman–Crippen MR) is 84.7 cm³/mol. The number of methoxy groups -OCH3 is 1. The second kappa shape index (κ2) is 6.75. The summed E-state index contributed by atoms with van der Waals surface area (Å²) in [5.74, 6) is 0. The number of aryl methyl sites for hydroxylation is 2. The van der Waals surface area contributed by atoms with Crippen molar-refractivity contribution in [3.63, 3.8) is 0 Å². The molecule has 6 heteroatoms. The van der Waals surface area contributed by atoms with Gasteiger partial charge in [0.2, 0.25) is 0 Å². The smallest absolute Gasteiger partial charge is 0.317 e. The second-order valence-corrected chi connectivity index (χ2v) is 7.19. The van der Waals surface area contributed by atoms with Crippen LogP contribution in [0.5, 0.6) is 0 Å². The van der Waals surface area contributed by atoms with Crippen molar-refractivity contribution < 1.29 is 9.53 Å². The second-order valence-electron chi connectivity index (χ2n) is 5.90. The van der Waals surface area contributed by atoms with Crippen molar-refractivity contribution in [2.24, 2.45) is 0 Å². The molecule has 0 bridgehead atoms. The zero-order valence-corrected chi connectivity index (χ0v) is 14.2. The van der Waals surface area contributed by atoms with E-state index in [0.717, 1.165) is 43.1 Å². The summed E-state index contributed by atoms with van der Waals surface area (Å²) < 4.78 is 5.57. The van der Waals surface area contributed by atoms with Crippen molar-refractivity contribution in [3.8, 4) is 0 Å². The van der Waals surface area contributed by atoms with Gasteiger partial charge in [0, 0.05) is 25.1 Å². The van der Waals surface area contributed by atoms with Crippen molar-refractivity contribution in [1.82, 2.24) is 15.2 Å². The van der Waals surface area contributed by atoms with Crippen LogP contribution in [0.2, 0.25) is 0 Å². The van der Waals surface area contributed by atoms with Crippen LogP contribution in [0.1, 0.15) is 41.8 Å². The molecule has 1 aliphatic rings. The van der Waals surface area contributed by atoms with Gasteiger partial charge in [0.25, 0.3) is 0 Å². The molecule has 5 nitrogen and oxygen atoms in total. The summed E-state index contributed by atoms with van der Waals surface area (Å²) in [4.78, 5) is 19.8. The Balaban J connectivity index is 1.86. The van der Waals surface area contributed by atoms with Crippen LogP contribution in [0.3, 0.4) is 0 Å². The Labute approximate surface area is 130 Å². The number of nitrogens with zero attached hydrogens (tertiary/aromatic N) is 2. The van der Waals surface area contributed by atoms with Crippen LogP contribution in [0.25, 0.3) is 0 Å². The van der Waals surface area contributed by atoms with E-state index in [4.69, 9.17) is 4.74 Å². The van der Waals surface area contributed by atoms with Crippen LogP contribution in [-0.2, 0) is 11.3 Å². The summed E-state index contributed by atoms with van der Waals surface area (Å²) in [7, 11) is 1.75. The molecular weight excluding hydrogens is 286 g/mol. The molecule has 0 aromatic carbocycles. The number of carbonyl (C=O) groups excluding carboxylic acids is 1. The van der Waals surface area contributed by atoms with Crippen LogP contribution < -0.4 is 5.32 Å². The van der Waals surface area contributed by atoms with Crippen molar-refractivity contribution in [2.45, 2.75) is 52.2 Å². The maximum absolute atomic E-state index is 12.3. The van der Waals surface area contributed by atoms with Crippen LogP contribution >= 0.6 is 11.3 Å². The van der Waals surface area contributed by atoms with E-state index < -0.39 is 0 Å². The Morgan fingerprint density at radius 3 is 2.81 bits per heavy atom. The molecule has 2 amide bonds. The van der Waals surface area contributed by atoms with Gasteiger partial charge in [-0.15, -0.1) is 11.3 Å². The van der Waals surface area contributed by atoms with Gasteiger partial charge >= 0.3 is 6.03 Å². The van der Waals surface area contributed by atoms with Gasteiger partial charge in [-0.3, -0.25) is 0 Å². The Hall–Kier alpha value is -1.14. The van der Waals surface area contributed by atoms with Crippen LogP contribution in [-0.4, -0.2) is 41.7 Å². The third-order valence-electron chi connectivity index (χ3n) is 4.29. The average Bonchev–Trinajstić information content (AvgIpc) is 2.66. The Morgan fingerprint density at radius 1 is 1.43 bits per heavy atom. The number of urea groups is 1. The van der Waals surface area contributed by atoms with Gasteiger partial charge in [0.15, 0.2) is 0 Å². The van der Waals surface area contributed by atoms with Crippen molar-refractivity contribution in [1.29, 1.82) is 0 Å². The Morgan fingerprint density at radius 2 is 2.19 bits per heavy atom. The van der Waals surface area contributed by atoms with Gasteiger partial charge in [-0.2, -0.15) is 0 Å². The quantitative estimate of drug-likeness (QED) is 0.934. The lowest BCUT2D eigenvalue weighted by Crippen LogP contribution is -2.40. The number of hydrogen-bond donors (Lipinski definition) is 1. The standard InChI is InChI=1S/C15H25N3O2S/c1-11-12(2)21-13(17-11)10-16-14(19)18-8-5-6-15(3,20-4)7-9-18/h5-10H2,1-4H3,(H,16,19). The third-order valence-corrected chi connectivity index (χ3v) is 5.36. The number of ether oxygens (including phenoxy) is 1. The lowest BCUT2D eigenvalue weighted by molar-refractivity contribution is -0.00499. The Kier molecular flexibility index (Phi) is 5.22. The highest BCUT2D eigenvalue weighted by atomic mass is 32.1. The minimum atomic E-state index is -0.0986. The lowest BCUT2D eigenvalue weighted by Gasteiger charge is -2.26. The molecule has 0 aliphatic carbocycles. The van der Waals surface area contributed by atoms with Crippen LogP contribution in [0, 0.1) is 13.8 Å². The number of amides is 2. The van der Waals surface area contributed by atoms with E-state index >= 15 is 0 Å². The highest BCUT2D eigenvalue weighted by molar-refractivity contribution is 7.11. The molecule has 118 valence electrons. The molecule has 1 unspecified atom stereocenters. The monoisotopic (exact) mass is 311 g/mol. The number of rotatable bonds is 3. The molecular formula is C15H25N3O2S. The normalized spacial score (nSPS) is 23.0. The first kappa shape index (κ1) is 16.2. The van der Waals surface area contributed by atoms with E-state index in [1.807, 2.05) is 11.8 Å². The molecule has 1 atom stereocenters. The van der Waals surface area contributed by atoms with Gasteiger partial charge in [-0.1, -0.05) is 0 Å². The van der Waals surface area contributed by atoms with Crippen molar-refractivity contribution >= 4 is 17.4 Å². The van der Waals surface area contributed by atoms with Gasteiger partial charge in [-0.05, 0) is 40.0 Å². The summed E-state index contributed by atoms with van der Waals surface area (Å²) in [5.41, 5.74) is 0.952. The van der Waals surface area contributed by atoms with Crippen molar-refractivity contribution in [2.75, 3.05) is 20.2 Å². The Bertz CT molecular complexity index is 484. The number of hydrogen-bond acceptors (Lipinski definition) is 4. The fourth-order valence-electron chi connectivity index (χ4n) is 2.54. The molecule has 2 rings (SSSR count). The molecule has 1 fully saturated rings. The number of nitrogens with one attached hydrogen (secondary N) is 1. The zero-order valence-electron chi connectivity index (χ0n) is 13.4. The topological polar surface area (TPSA) is 54.5 Å². The molecule has 2 heterocycles. The average molecular weight is 311 g/mol. The van der Waals surface area contributed by atoms with Gasteiger partial charge in [0.1, 0.15) is 5.01 Å². The predicted octanol–water partition coefficient (Wildman–Crippen LogP) is 2.86. The summed E-state index contributed by atoms with van der Waals surface area (Å²) in [5, 5.41) is 3.94. The highest BCUT2D eigenvalue weighted by Crippen LogP contribution is 2.25. The number of thiazole rings is 1. The molecule has 1 aromatic heterocycles. The van der Waals surface area contributed by atoms with E-state index in [2.05, 4.69) is 24.1 Å². The fraction of sp³-hybridized carbons (Fsp3) is 0.733. The van der Waals surface area contributed by atoms with Gasteiger partial charge in [-0.25, -0.2) is 9.78 Å². The molecule has 1 N–H and O–H groups in total. The van der Waals surface area contributed by atoms with E-state index in [-0.39, 0.29) is 11.6 Å².